The van der Waals surface area contributed by atoms with Crippen molar-refractivity contribution in [3.8, 4) is 11.8 Å². The van der Waals surface area contributed by atoms with E-state index in [2.05, 4.69) is 39.9 Å². The Hall–Kier alpha value is -2.72. The first-order chi connectivity index (χ1) is 16.9. The van der Waals surface area contributed by atoms with Gasteiger partial charge in [-0.15, -0.1) is 0 Å². The second-order valence-corrected chi connectivity index (χ2v) is 9.94. The fraction of sp³-hybridized carbons (Fsp3) is 0.536. The molecule has 0 radical (unpaired) electrons. The van der Waals surface area contributed by atoms with Gasteiger partial charge in [-0.2, -0.15) is 13.2 Å². The SMILES string of the molecule is CCCC#Cc1ccnc(N2C3CCCCC3NC3CN(c4ccc(C(F)(F)F)cc4)CCC32)c1. The van der Waals surface area contributed by atoms with Crippen LogP contribution in [0.3, 0.4) is 0 Å². The topological polar surface area (TPSA) is 31.4 Å². The number of halogens is 3. The number of piperidine rings is 1. The van der Waals surface area contributed by atoms with Crippen molar-refractivity contribution in [3.63, 3.8) is 0 Å². The Morgan fingerprint density at radius 2 is 1.80 bits per heavy atom. The Morgan fingerprint density at radius 1 is 1.03 bits per heavy atom. The minimum atomic E-state index is -4.31. The molecule has 186 valence electrons. The number of anilines is 2. The first kappa shape index (κ1) is 24.0. The second-order valence-electron chi connectivity index (χ2n) is 9.94. The molecule has 0 amide bonds. The largest absolute Gasteiger partial charge is 0.416 e. The van der Waals surface area contributed by atoms with Gasteiger partial charge in [-0.1, -0.05) is 31.6 Å². The van der Waals surface area contributed by atoms with E-state index in [-0.39, 0.29) is 6.04 Å². The molecule has 1 saturated carbocycles. The number of hydrogen-bond donors (Lipinski definition) is 1. The van der Waals surface area contributed by atoms with Crippen LogP contribution in [-0.4, -0.2) is 42.2 Å². The van der Waals surface area contributed by atoms with Crippen LogP contribution in [0.15, 0.2) is 42.6 Å². The zero-order valence-corrected chi connectivity index (χ0v) is 20.2. The molecule has 2 aliphatic heterocycles. The zero-order chi connectivity index (χ0) is 24.4. The average Bonchev–Trinajstić information content (AvgIpc) is 2.87. The van der Waals surface area contributed by atoms with Crippen molar-refractivity contribution in [2.45, 2.75) is 82.2 Å². The maximum absolute atomic E-state index is 13.0. The standard InChI is InChI=1S/C28H33F3N4/c1-2-3-4-7-20-14-16-32-27(18-20)35-25-9-6-5-8-23(25)33-24-19-34(17-15-26(24)35)22-12-10-21(11-13-22)28(29,30)31/h10-14,16,18,23-26,33H,2-3,5-6,8-9,15,17,19H2,1H3. The highest BCUT2D eigenvalue weighted by atomic mass is 19.4. The van der Waals surface area contributed by atoms with Gasteiger partial charge >= 0.3 is 6.18 Å². The smallest absolute Gasteiger partial charge is 0.370 e. The molecule has 1 N–H and O–H groups in total. The molecule has 4 atom stereocenters. The average molecular weight is 483 g/mol. The van der Waals surface area contributed by atoms with Gasteiger partial charge in [0.25, 0.3) is 0 Å². The van der Waals surface area contributed by atoms with E-state index in [1.165, 1.54) is 25.0 Å². The summed E-state index contributed by atoms with van der Waals surface area (Å²) in [4.78, 5) is 9.57. The number of rotatable bonds is 3. The minimum absolute atomic E-state index is 0.224. The summed E-state index contributed by atoms with van der Waals surface area (Å²) in [6, 6.07) is 11.0. The molecule has 3 fully saturated rings. The Balaban J connectivity index is 1.39. The fourth-order valence-electron chi connectivity index (χ4n) is 5.96. The first-order valence-electron chi connectivity index (χ1n) is 12.9. The molecular formula is C28H33F3N4. The van der Waals surface area contributed by atoms with Gasteiger partial charge in [-0.25, -0.2) is 4.98 Å². The molecule has 5 rings (SSSR count). The normalized spacial score (nSPS) is 26.4. The number of aromatic nitrogens is 1. The molecule has 1 aromatic carbocycles. The third-order valence-corrected chi connectivity index (χ3v) is 7.63. The summed E-state index contributed by atoms with van der Waals surface area (Å²) >= 11 is 0. The summed E-state index contributed by atoms with van der Waals surface area (Å²) in [6.07, 6.45) is 5.16. The van der Waals surface area contributed by atoms with Gasteiger partial charge in [-0.3, -0.25) is 0 Å². The van der Waals surface area contributed by atoms with E-state index >= 15 is 0 Å². The lowest BCUT2D eigenvalue weighted by Gasteiger charge is -2.56. The number of fused-ring (bicyclic) bond motifs is 2. The Kier molecular flexibility index (Phi) is 6.93. The van der Waals surface area contributed by atoms with E-state index in [0.29, 0.717) is 18.1 Å². The predicted octanol–water partition coefficient (Wildman–Crippen LogP) is 5.62. The highest BCUT2D eigenvalue weighted by Gasteiger charge is 2.46. The van der Waals surface area contributed by atoms with Crippen LogP contribution in [-0.2, 0) is 6.18 Å². The van der Waals surface area contributed by atoms with Crippen molar-refractivity contribution in [1.29, 1.82) is 0 Å². The number of pyridine rings is 1. The van der Waals surface area contributed by atoms with Gasteiger partial charge < -0.3 is 15.1 Å². The molecule has 1 aromatic heterocycles. The third kappa shape index (κ3) is 5.13. The number of unbranched alkanes of at least 4 members (excludes halogenated alkanes) is 1. The Bertz CT molecular complexity index is 1070. The van der Waals surface area contributed by atoms with Crippen LogP contribution in [0.2, 0.25) is 0 Å². The summed E-state index contributed by atoms with van der Waals surface area (Å²) in [6.45, 7) is 3.71. The number of nitrogens with one attached hydrogen (secondary N) is 1. The molecule has 0 spiro atoms. The third-order valence-electron chi connectivity index (χ3n) is 7.63. The van der Waals surface area contributed by atoms with Crippen molar-refractivity contribution in [1.82, 2.24) is 10.3 Å². The second kappa shape index (κ2) is 10.1. The molecule has 7 heteroatoms. The van der Waals surface area contributed by atoms with E-state index in [1.54, 1.807) is 12.1 Å². The number of hydrogen-bond acceptors (Lipinski definition) is 4. The van der Waals surface area contributed by atoms with Crippen LogP contribution < -0.4 is 15.1 Å². The van der Waals surface area contributed by atoms with Crippen LogP contribution >= 0.6 is 0 Å². The quantitative estimate of drug-likeness (QED) is 0.576. The zero-order valence-electron chi connectivity index (χ0n) is 20.2. The molecule has 4 unspecified atom stereocenters. The predicted molar refractivity (Wildman–Crippen MR) is 134 cm³/mol. The summed E-state index contributed by atoms with van der Waals surface area (Å²) in [5.74, 6) is 7.54. The number of nitrogens with zero attached hydrogens (tertiary/aromatic N) is 3. The van der Waals surface area contributed by atoms with Crippen molar-refractivity contribution < 1.29 is 13.2 Å². The highest BCUT2D eigenvalue weighted by Crippen LogP contribution is 2.37. The molecule has 0 bridgehead atoms. The molecule has 35 heavy (non-hydrogen) atoms. The van der Waals surface area contributed by atoms with Gasteiger partial charge in [0.1, 0.15) is 5.82 Å². The summed E-state index contributed by atoms with van der Waals surface area (Å²) in [7, 11) is 0. The summed E-state index contributed by atoms with van der Waals surface area (Å²) in [5.41, 5.74) is 1.26. The van der Waals surface area contributed by atoms with E-state index in [9.17, 15) is 13.2 Å². The van der Waals surface area contributed by atoms with Gasteiger partial charge in [0, 0.05) is 61.1 Å². The van der Waals surface area contributed by atoms with Crippen LogP contribution in [0.4, 0.5) is 24.7 Å². The summed E-state index contributed by atoms with van der Waals surface area (Å²) < 4.78 is 39.1. The minimum Gasteiger partial charge on any atom is -0.370 e. The lowest BCUT2D eigenvalue weighted by molar-refractivity contribution is -0.137. The molecule has 4 nitrogen and oxygen atoms in total. The van der Waals surface area contributed by atoms with Crippen molar-refractivity contribution in [2.75, 3.05) is 22.9 Å². The maximum atomic E-state index is 13.0. The van der Waals surface area contributed by atoms with Gasteiger partial charge in [0.15, 0.2) is 0 Å². The van der Waals surface area contributed by atoms with E-state index in [4.69, 9.17) is 4.98 Å². The van der Waals surface area contributed by atoms with Crippen molar-refractivity contribution >= 4 is 11.5 Å². The maximum Gasteiger partial charge on any atom is 0.416 e. The highest BCUT2D eigenvalue weighted by molar-refractivity contribution is 5.53. The van der Waals surface area contributed by atoms with Crippen LogP contribution in [0.25, 0.3) is 0 Å². The van der Waals surface area contributed by atoms with E-state index in [1.807, 2.05) is 12.3 Å². The van der Waals surface area contributed by atoms with Crippen molar-refractivity contribution in [3.05, 3.63) is 53.7 Å². The Morgan fingerprint density at radius 3 is 2.57 bits per heavy atom. The lowest BCUT2D eigenvalue weighted by Crippen LogP contribution is -2.72. The lowest BCUT2D eigenvalue weighted by atomic mass is 9.81. The molecule has 3 heterocycles. The van der Waals surface area contributed by atoms with Gasteiger partial charge in [0.2, 0.25) is 0 Å². The Labute approximate surface area is 205 Å². The van der Waals surface area contributed by atoms with E-state index < -0.39 is 11.7 Å². The molecule has 3 aliphatic rings. The van der Waals surface area contributed by atoms with Crippen molar-refractivity contribution in [2.24, 2.45) is 0 Å². The van der Waals surface area contributed by atoms with E-state index in [0.717, 1.165) is 62.3 Å². The monoisotopic (exact) mass is 482 g/mol. The number of alkyl halides is 3. The molecule has 2 saturated heterocycles. The number of benzene rings is 1. The molecule has 2 aromatic rings. The molecular weight excluding hydrogens is 449 g/mol. The van der Waals surface area contributed by atoms with Crippen LogP contribution in [0, 0.1) is 11.8 Å². The fourth-order valence-corrected chi connectivity index (χ4v) is 5.96. The first-order valence-corrected chi connectivity index (χ1v) is 12.9. The summed E-state index contributed by atoms with van der Waals surface area (Å²) in [5, 5.41) is 3.93. The molecule has 1 aliphatic carbocycles. The van der Waals surface area contributed by atoms with Crippen LogP contribution in [0.5, 0.6) is 0 Å². The van der Waals surface area contributed by atoms with Gasteiger partial charge in [0.05, 0.1) is 5.56 Å². The van der Waals surface area contributed by atoms with Crippen LogP contribution in [0.1, 0.15) is 63.0 Å². The van der Waals surface area contributed by atoms with Gasteiger partial charge in [-0.05, 0) is 62.1 Å². The number of piperazine rings is 1.